The molecule has 1 fully saturated rings. The predicted molar refractivity (Wildman–Crippen MR) is 74.6 cm³/mol. The summed E-state index contributed by atoms with van der Waals surface area (Å²) < 4.78 is 5.62. The van der Waals surface area contributed by atoms with Gasteiger partial charge in [0.05, 0.1) is 0 Å². The van der Waals surface area contributed by atoms with Crippen LogP contribution in [0.5, 0.6) is 5.75 Å². The second-order valence-electron chi connectivity index (χ2n) is 4.94. The number of hydrogen-bond acceptors (Lipinski definition) is 4. The molecular formula is C14H21N3O2. The lowest BCUT2D eigenvalue weighted by molar-refractivity contribution is 0.303. The number of hydrogen-bond donors (Lipinski definition) is 3. The molecule has 0 amide bonds. The Hall–Kier alpha value is -1.75. The molecule has 0 heterocycles. The summed E-state index contributed by atoms with van der Waals surface area (Å²) in [4.78, 5) is 0. The van der Waals surface area contributed by atoms with Gasteiger partial charge in [-0.1, -0.05) is 5.16 Å². The van der Waals surface area contributed by atoms with Crippen molar-refractivity contribution in [2.75, 3.05) is 13.2 Å². The SMILES string of the molecule is CC(NCCOc1ccc(C(N)=NO)cc1)C1CC1. The van der Waals surface area contributed by atoms with Crippen LogP contribution in [0.25, 0.3) is 0 Å². The minimum Gasteiger partial charge on any atom is -0.492 e. The fraction of sp³-hybridized carbons (Fsp3) is 0.500. The highest BCUT2D eigenvalue weighted by molar-refractivity contribution is 5.97. The third kappa shape index (κ3) is 4.13. The molecule has 0 radical (unpaired) electrons. The van der Waals surface area contributed by atoms with Crippen LogP contribution in [0.15, 0.2) is 29.4 Å². The van der Waals surface area contributed by atoms with Crippen LogP contribution in [0.4, 0.5) is 0 Å². The van der Waals surface area contributed by atoms with Crippen LogP contribution in [-0.4, -0.2) is 30.2 Å². The fourth-order valence-electron chi connectivity index (χ4n) is 2.00. The molecule has 1 atom stereocenters. The second-order valence-corrected chi connectivity index (χ2v) is 4.94. The summed E-state index contributed by atoms with van der Waals surface area (Å²) in [6.07, 6.45) is 2.70. The molecule has 0 aliphatic heterocycles. The zero-order chi connectivity index (χ0) is 13.7. The number of rotatable bonds is 7. The first kappa shape index (κ1) is 13.7. The Kier molecular flexibility index (Phi) is 4.63. The van der Waals surface area contributed by atoms with Crippen molar-refractivity contribution in [3.63, 3.8) is 0 Å². The van der Waals surface area contributed by atoms with E-state index in [2.05, 4.69) is 17.4 Å². The second kappa shape index (κ2) is 6.43. The van der Waals surface area contributed by atoms with Gasteiger partial charge >= 0.3 is 0 Å². The first-order valence-corrected chi connectivity index (χ1v) is 6.65. The summed E-state index contributed by atoms with van der Waals surface area (Å²) in [6, 6.07) is 7.76. The molecule has 2 rings (SSSR count). The van der Waals surface area contributed by atoms with Crippen molar-refractivity contribution in [1.82, 2.24) is 5.32 Å². The van der Waals surface area contributed by atoms with Crippen LogP contribution >= 0.6 is 0 Å². The molecule has 5 heteroatoms. The highest BCUT2D eigenvalue weighted by atomic mass is 16.5. The Morgan fingerprint density at radius 2 is 2.16 bits per heavy atom. The summed E-state index contributed by atoms with van der Waals surface area (Å²) in [5.74, 6) is 1.75. The van der Waals surface area contributed by atoms with Crippen molar-refractivity contribution >= 4 is 5.84 Å². The van der Waals surface area contributed by atoms with Crippen LogP contribution < -0.4 is 15.8 Å². The quantitative estimate of drug-likeness (QED) is 0.229. The van der Waals surface area contributed by atoms with E-state index in [1.165, 1.54) is 12.8 Å². The van der Waals surface area contributed by atoms with Crippen LogP contribution in [0.3, 0.4) is 0 Å². The van der Waals surface area contributed by atoms with Crippen LogP contribution in [0.2, 0.25) is 0 Å². The number of nitrogens with two attached hydrogens (primary N) is 1. The van der Waals surface area contributed by atoms with Crippen molar-refractivity contribution in [3.8, 4) is 5.75 Å². The third-order valence-corrected chi connectivity index (χ3v) is 3.42. The molecule has 0 spiro atoms. The van der Waals surface area contributed by atoms with Crippen molar-refractivity contribution in [3.05, 3.63) is 29.8 Å². The molecule has 0 aromatic heterocycles. The average molecular weight is 263 g/mol. The molecular weight excluding hydrogens is 242 g/mol. The Labute approximate surface area is 113 Å². The summed E-state index contributed by atoms with van der Waals surface area (Å²) >= 11 is 0. The smallest absolute Gasteiger partial charge is 0.170 e. The molecule has 0 bridgehead atoms. The molecule has 5 nitrogen and oxygen atoms in total. The monoisotopic (exact) mass is 263 g/mol. The van der Waals surface area contributed by atoms with E-state index in [4.69, 9.17) is 15.7 Å². The van der Waals surface area contributed by atoms with Gasteiger partial charge in [0.1, 0.15) is 12.4 Å². The van der Waals surface area contributed by atoms with Gasteiger partial charge in [0, 0.05) is 18.2 Å². The number of ether oxygens (including phenoxy) is 1. The first-order chi connectivity index (χ1) is 9.20. The van der Waals surface area contributed by atoms with Gasteiger partial charge < -0.3 is 21.0 Å². The maximum atomic E-state index is 8.56. The molecule has 1 unspecified atom stereocenters. The largest absolute Gasteiger partial charge is 0.492 e. The van der Waals surface area contributed by atoms with E-state index >= 15 is 0 Å². The molecule has 1 aliphatic carbocycles. The number of amidine groups is 1. The summed E-state index contributed by atoms with van der Waals surface area (Å²) in [5.41, 5.74) is 6.16. The molecule has 19 heavy (non-hydrogen) atoms. The number of nitrogens with zero attached hydrogens (tertiary/aromatic N) is 1. The van der Waals surface area contributed by atoms with E-state index in [1.807, 2.05) is 12.1 Å². The van der Waals surface area contributed by atoms with Gasteiger partial charge in [0.2, 0.25) is 0 Å². The lowest BCUT2D eigenvalue weighted by atomic mass is 10.2. The fourth-order valence-corrected chi connectivity index (χ4v) is 2.00. The Bertz CT molecular complexity index is 427. The maximum absolute atomic E-state index is 8.56. The highest BCUT2D eigenvalue weighted by Gasteiger charge is 2.27. The normalized spacial score (nSPS) is 17.2. The zero-order valence-corrected chi connectivity index (χ0v) is 11.2. The average Bonchev–Trinajstić information content (AvgIpc) is 3.27. The van der Waals surface area contributed by atoms with Gasteiger partial charge in [0.25, 0.3) is 0 Å². The zero-order valence-electron chi connectivity index (χ0n) is 11.2. The van der Waals surface area contributed by atoms with E-state index in [9.17, 15) is 0 Å². The van der Waals surface area contributed by atoms with Crippen molar-refractivity contribution < 1.29 is 9.94 Å². The van der Waals surface area contributed by atoms with E-state index in [1.54, 1.807) is 12.1 Å². The first-order valence-electron chi connectivity index (χ1n) is 6.65. The Morgan fingerprint density at radius 1 is 1.47 bits per heavy atom. The van der Waals surface area contributed by atoms with Crippen LogP contribution in [-0.2, 0) is 0 Å². The highest BCUT2D eigenvalue weighted by Crippen LogP contribution is 2.32. The van der Waals surface area contributed by atoms with E-state index in [0.29, 0.717) is 18.2 Å². The molecule has 1 aromatic carbocycles. The third-order valence-electron chi connectivity index (χ3n) is 3.42. The molecule has 1 aromatic rings. The summed E-state index contributed by atoms with van der Waals surface area (Å²) in [7, 11) is 0. The minimum atomic E-state index is 0.103. The minimum absolute atomic E-state index is 0.103. The predicted octanol–water partition coefficient (Wildman–Crippen LogP) is 1.55. The lowest BCUT2D eigenvalue weighted by Gasteiger charge is -2.13. The molecule has 1 saturated carbocycles. The van der Waals surface area contributed by atoms with Gasteiger partial charge in [-0.15, -0.1) is 0 Å². The van der Waals surface area contributed by atoms with Gasteiger partial charge in [-0.25, -0.2) is 0 Å². The van der Waals surface area contributed by atoms with Gasteiger partial charge in [-0.2, -0.15) is 0 Å². The lowest BCUT2D eigenvalue weighted by Crippen LogP contribution is -2.31. The summed E-state index contributed by atoms with van der Waals surface area (Å²) in [6.45, 7) is 3.71. The van der Waals surface area contributed by atoms with E-state index < -0.39 is 0 Å². The Balaban J connectivity index is 1.70. The van der Waals surface area contributed by atoms with Gasteiger partial charge in [0.15, 0.2) is 5.84 Å². The van der Waals surface area contributed by atoms with Gasteiger partial charge in [-0.3, -0.25) is 0 Å². The molecule has 1 aliphatic rings. The van der Waals surface area contributed by atoms with E-state index in [0.717, 1.165) is 18.2 Å². The topological polar surface area (TPSA) is 79.9 Å². The Morgan fingerprint density at radius 3 is 2.74 bits per heavy atom. The van der Waals surface area contributed by atoms with E-state index in [-0.39, 0.29) is 5.84 Å². The number of nitrogens with one attached hydrogen (secondary N) is 1. The van der Waals surface area contributed by atoms with Crippen molar-refractivity contribution in [2.24, 2.45) is 16.8 Å². The van der Waals surface area contributed by atoms with Crippen LogP contribution in [0.1, 0.15) is 25.3 Å². The van der Waals surface area contributed by atoms with Crippen LogP contribution in [0, 0.1) is 5.92 Å². The van der Waals surface area contributed by atoms with Crippen molar-refractivity contribution in [1.29, 1.82) is 0 Å². The summed E-state index contributed by atoms with van der Waals surface area (Å²) in [5, 5.41) is 15.0. The number of oxime groups is 1. The number of benzene rings is 1. The molecule has 104 valence electrons. The van der Waals surface area contributed by atoms with Gasteiger partial charge in [-0.05, 0) is 49.9 Å². The van der Waals surface area contributed by atoms with Crippen molar-refractivity contribution in [2.45, 2.75) is 25.8 Å². The molecule has 0 saturated heterocycles. The maximum Gasteiger partial charge on any atom is 0.170 e. The molecule has 4 N–H and O–H groups in total. The standard InChI is InChI=1S/C14H21N3O2/c1-10(11-2-3-11)16-8-9-19-13-6-4-12(5-7-13)14(15)17-18/h4-7,10-11,16,18H,2-3,8-9H2,1H3,(H2,15,17).